The van der Waals surface area contributed by atoms with Crippen LogP contribution in [0.4, 0.5) is 0 Å². The molecule has 96 valence electrons. The molecule has 0 saturated carbocycles. The van der Waals surface area contributed by atoms with Gasteiger partial charge in [0.15, 0.2) is 0 Å². The van der Waals surface area contributed by atoms with E-state index in [4.69, 9.17) is 10.2 Å². The summed E-state index contributed by atoms with van der Waals surface area (Å²) in [5.41, 5.74) is 7.48. The van der Waals surface area contributed by atoms with Crippen molar-refractivity contribution in [3.63, 3.8) is 0 Å². The van der Waals surface area contributed by atoms with E-state index in [1.807, 2.05) is 12.1 Å². The minimum absolute atomic E-state index is 0.0995. The second kappa shape index (κ2) is 6.12. The van der Waals surface area contributed by atoms with Crippen LogP contribution in [0, 0.1) is 6.92 Å². The number of hydrogen-bond acceptors (Lipinski definition) is 3. The monoisotopic (exact) mass is 261 g/mol. The summed E-state index contributed by atoms with van der Waals surface area (Å²) in [6, 6.07) is 12.5. The lowest BCUT2D eigenvalue weighted by molar-refractivity contribution is 0.474. The van der Waals surface area contributed by atoms with Gasteiger partial charge in [-0.15, -0.1) is 11.8 Å². The molecule has 2 unspecified atom stereocenters. The Kier molecular flexibility index (Phi) is 4.50. The Balaban J connectivity index is 2.17. The summed E-state index contributed by atoms with van der Waals surface area (Å²) in [7, 11) is 0. The molecule has 0 saturated heterocycles. The van der Waals surface area contributed by atoms with Crippen molar-refractivity contribution in [1.82, 2.24) is 0 Å². The van der Waals surface area contributed by atoms with Crippen molar-refractivity contribution in [2.45, 2.75) is 36.5 Å². The highest BCUT2D eigenvalue weighted by molar-refractivity contribution is 7.99. The van der Waals surface area contributed by atoms with Crippen LogP contribution >= 0.6 is 11.8 Å². The number of benzene rings is 1. The molecule has 3 heteroatoms. The molecule has 1 aromatic heterocycles. The minimum atomic E-state index is 0.0995. The average Bonchev–Trinajstić information content (AvgIpc) is 2.91. The van der Waals surface area contributed by atoms with Crippen LogP contribution in [0.3, 0.4) is 0 Å². The number of furan rings is 1. The molecule has 0 bridgehead atoms. The molecule has 2 rings (SSSR count). The first-order chi connectivity index (χ1) is 8.70. The quantitative estimate of drug-likeness (QED) is 0.821. The predicted octanol–water partition coefficient (Wildman–Crippen LogP) is 4.16. The Morgan fingerprint density at radius 1 is 1.22 bits per heavy atom. The molecular weight excluding hydrogens is 242 g/mol. The number of rotatable bonds is 5. The van der Waals surface area contributed by atoms with E-state index in [0.29, 0.717) is 0 Å². The van der Waals surface area contributed by atoms with Crippen LogP contribution in [0.15, 0.2) is 52.0 Å². The molecule has 1 heterocycles. The lowest BCUT2D eigenvalue weighted by atomic mass is 10.1. The Morgan fingerprint density at radius 3 is 2.50 bits per heavy atom. The Bertz CT molecular complexity index is 464. The van der Waals surface area contributed by atoms with Crippen LogP contribution in [-0.4, -0.2) is 6.04 Å². The van der Waals surface area contributed by atoms with E-state index in [1.54, 1.807) is 18.0 Å². The fourth-order valence-electron chi connectivity index (χ4n) is 1.79. The van der Waals surface area contributed by atoms with Crippen LogP contribution in [0.25, 0.3) is 0 Å². The van der Waals surface area contributed by atoms with Gasteiger partial charge in [-0.25, -0.2) is 0 Å². The summed E-state index contributed by atoms with van der Waals surface area (Å²) in [6.45, 7) is 4.20. The molecule has 0 radical (unpaired) electrons. The van der Waals surface area contributed by atoms with Crippen molar-refractivity contribution < 1.29 is 4.42 Å². The topological polar surface area (TPSA) is 39.2 Å². The number of nitrogens with two attached hydrogens (primary N) is 1. The van der Waals surface area contributed by atoms with Crippen molar-refractivity contribution in [2.24, 2.45) is 5.73 Å². The SMILES string of the molecule is CCC(N)C(Sc1ccc(C)cc1)c1ccco1. The third-order valence-electron chi connectivity index (χ3n) is 2.97. The molecule has 2 N–H and O–H groups in total. The highest BCUT2D eigenvalue weighted by atomic mass is 32.2. The molecule has 1 aromatic carbocycles. The molecule has 0 spiro atoms. The van der Waals surface area contributed by atoms with E-state index >= 15 is 0 Å². The van der Waals surface area contributed by atoms with Gasteiger partial charge in [0.2, 0.25) is 0 Å². The largest absolute Gasteiger partial charge is 0.468 e. The molecule has 0 aliphatic rings. The number of aryl methyl sites for hydroxylation is 1. The maximum absolute atomic E-state index is 6.21. The lowest BCUT2D eigenvalue weighted by Crippen LogP contribution is -2.25. The fourth-order valence-corrected chi connectivity index (χ4v) is 2.99. The second-order valence-corrected chi connectivity index (χ2v) is 5.65. The van der Waals surface area contributed by atoms with Crippen molar-refractivity contribution in [3.8, 4) is 0 Å². The zero-order valence-corrected chi connectivity index (χ0v) is 11.6. The van der Waals surface area contributed by atoms with E-state index in [-0.39, 0.29) is 11.3 Å². The van der Waals surface area contributed by atoms with Gasteiger partial charge >= 0.3 is 0 Å². The van der Waals surface area contributed by atoms with Crippen molar-refractivity contribution in [3.05, 3.63) is 54.0 Å². The van der Waals surface area contributed by atoms with E-state index in [0.717, 1.165) is 12.2 Å². The van der Waals surface area contributed by atoms with E-state index < -0.39 is 0 Å². The van der Waals surface area contributed by atoms with Gasteiger partial charge in [0, 0.05) is 10.9 Å². The summed E-state index contributed by atoms with van der Waals surface area (Å²) < 4.78 is 5.51. The van der Waals surface area contributed by atoms with Crippen molar-refractivity contribution >= 4 is 11.8 Å². The number of thioether (sulfide) groups is 1. The van der Waals surface area contributed by atoms with Crippen molar-refractivity contribution in [2.75, 3.05) is 0 Å². The molecule has 18 heavy (non-hydrogen) atoms. The van der Waals surface area contributed by atoms with Gasteiger partial charge in [0.25, 0.3) is 0 Å². The first kappa shape index (κ1) is 13.2. The molecular formula is C15H19NOS. The maximum Gasteiger partial charge on any atom is 0.118 e. The summed E-state index contributed by atoms with van der Waals surface area (Å²) in [4.78, 5) is 1.23. The second-order valence-electron chi connectivity index (χ2n) is 4.44. The molecule has 0 aliphatic heterocycles. The Labute approximate surface area is 113 Å². The highest BCUT2D eigenvalue weighted by Gasteiger charge is 2.22. The normalized spacial score (nSPS) is 14.4. The number of hydrogen-bond donors (Lipinski definition) is 1. The van der Waals surface area contributed by atoms with Gasteiger partial charge in [-0.2, -0.15) is 0 Å². The summed E-state index contributed by atoms with van der Waals surface area (Å²) in [5.74, 6) is 0.954. The van der Waals surface area contributed by atoms with Gasteiger partial charge in [-0.05, 0) is 37.6 Å². The van der Waals surface area contributed by atoms with Crippen LogP contribution in [0.5, 0.6) is 0 Å². The third kappa shape index (κ3) is 3.18. The predicted molar refractivity (Wildman–Crippen MR) is 76.8 cm³/mol. The van der Waals surface area contributed by atoms with Gasteiger partial charge in [-0.3, -0.25) is 0 Å². The lowest BCUT2D eigenvalue weighted by Gasteiger charge is -2.20. The van der Waals surface area contributed by atoms with E-state index in [1.165, 1.54) is 10.5 Å². The molecule has 2 nitrogen and oxygen atoms in total. The average molecular weight is 261 g/mol. The fraction of sp³-hybridized carbons (Fsp3) is 0.333. The molecule has 2 aromatic rings. The minimum Gasteiger partial charge on any atom is -0.468 e. The van der Waals surface area contributed by atoms with Gasteiger partial charge in [0.05, 0.1) is 11.5 Å². The summed E-state index contributed by atoms with van der Waals surface area (Å²) in [6.07, 6.45) is 2.64. The van der Waals surface area contributed by atoms with Gasteiger partial charge in [-0.1, -0.05) is 24.6 Å². The van der Waals surface area contributed by atoms with Gasteiger partial charge in [0.1, 0.15) is 5.76 Å². The third-order valence-corrected chi connectivity index (χ3v) is 4.35. The summed E-state index contributed by atoms with van der Waals surface area (Å²) in [5, 5.41) is 0.174. The van der Waals surface area contributed by atoms with Crippen molar-refractivity contribution in [1.29, 1.82) is 0 Å². The van der Waals surface area contributed by atoms with E-state index in [2.05, 4.69) is 38.1 Å². The molecule has 0 amide bonds. The Morgan fingerprint density at radius 2 is 1.94 bits per heavy atom. The van der Waals surface area contributed by atoms with E-state index in [9.17, 15) is 0 Å². The van der Waals surface area contributed by atoms with Crippen LogP contribution in [0.2, 0.25) is 0 Å². The van der Waals surface area contributed by atoms with Crippen LogP contribution in [0.1, 0.15) is 29.9 Å². The van der Waals surface area contributed by atoms with Crippen LogP contribution < -0.4 is 5.73 Å². The highest BCUT2D eigenvalue weighted by Crippen LogP contribution is 2.38. The molecule has 0 fully saturated rings. The van der Waals surface area contributed by atoms with Crippen LogP contribution in [-0.2, 0) is 0 Å². The first-order valence-corrected chi connectivity index (χ1v) is 7.11. The standard InChI is InChI=1S/C15H19NOS/c1-3-13(16)15(14-5-4-10-17-14)18-12-8-6-11(2)7-9-12/h4-10,13,15H,3,16H2,1-2H3. The first-order valence-electron chi connectivity index (χ1n) is 6.23. The molecule has 2 atom stereocenters. The Hall–Kier alpha value is -1.19. The smallest absolute Gasteiger partial charge is 0.118 e. The zero-order valence-electron chi connectivity index (χ0n) is 10.8. The zero-order chi connectivity index (χ0) is 13.0. The maximum atomic E-state index is 6.21. The summed E-state index contributed by atoms with van der Waals surface area (Å²) >= 11 is 1.77. The van der Waals surface area contributed by atoms with Gasteiger partial charge < -0.3 is 10.2 Å². The molecule has 0 aliphatic carbocycles.